The molecule has 0 aliphatic carbocycles. The molecule has 30 heavy (non-hydrogen) atoms. The molecule has 2 nitrogen and oxygen atoms in total. The van der Waals surface area contributed by atoms with E-state index in [1.807, 2.05) is 30.3 Å². The number of methoxy groups -OCH3 is 2. The Bertz CT molecular complexity index is 1090. The summed E-state index contributed by atoms with van der Waals surface area (Å²) in [7, 11) is 3.37. The normalized spacial score (nSPS) is 10.3. The molecule has 4 aromatic carbocycles. The highest BCUT2D eigenvalue weighted by atomic mass is 16.5. The summed E-state index contributed by atoms with van der Waals surface area (Å²) in [4.78, 5) is 0. The van der Waals surface area contributed by atoms with E-state index in [2.05, 4.69) is 78.9 Å². The minimum atomic E-state index is 0.768. The molecule has 0 saturated carbocycles. The predicted octanol–water partition coefficient (Wildman–Crippen LogP) is 6.71. The van der Waals surface area contributed by atoms with E-state index >= 15 is 0 Å². The Labute approximate surface area is 178 Å². The molecule has 2 heteroatoms. The van der Waals surface area contributed by atoms with Gasteiger partial charge in [-0.15, -0.1) is 0 Å². The first-order valence-corrected chi connectivity index (χ1v) is 9.94. The molecule has 0 unspecified atom stereocenters. The summed E-state index contributed by atoms with van der Waals surface area (Å²) < 4.78 is 11.2. The lowest BCUT2D eigenvalue weighted by molar-refractivity contribution is 0.393. The van der Waals surface area contributed by atoms with E-state index < -0.39 is 0 Å². The molecule has 4 aromatic rings. The molecule has 0 aliphatic heterocycles. The number of ether oxygens (including phenoxy) is 2. The van der Waals surface area contributed by atoms with Crippen LogP contribution in [-0.2, 0) is 0 Å². The van der Waals surface area contributed by atoms with Gasteiger partial charge in [0.15, 0.2) is 0 Å². The number of hydrogen-bond acceptors (Lipinski definition) is 2. The van der Waals surface area contributed by atoms with Crippen LogP contribution >= 0.6 is 0 Å². The summed E-state index contributed by atoms with van der Waals surface area (Å²) in [6, 6.07) is 37.5. The van der Waals surface area contributed by atoms with Crippen LogP contribution in [0.3, 0.4) is 0 Å². The molecule has 0 radical (unpaired) electrons. The molecule has 0 N–H and O–H groups in total. The quantitative estimate of drug-likeness (QED) is 0.339. The third-order valence-electron chi connectivity index (χ3n) is 5.12. The number of rotatable bonds is 6. The van der Waals surface area contributed by atoms with E-state index in [1.54, 1.807) is 14.2 Å². The standard InChI is InChI=1S/C28H24O2/c1-29-24-18-19-25(26(20-24)30-2)28(23-16-10-5-11-17-23)27(21-12-6-3-7-13-21)22-14-8-4-9-15-22/h3-20H,1-2H3. The Balaban J connectivity index is 2.11. The lowest BCUT2D eigenvalue weighted by Gasteiger charge is -2.20. The molecular weight excluding hydrogens is 368 g/mol. The van der Waals surface area contributed by atoms with Crippen molar-refractivity contribution < 1.29 is 9.47 Å². The van der Waals surface area contributed by atoms with E-state index in [-0.39, 0.29) is 0 Å². The van der Waals surface area contributed by atoms with Gasteiger partial charge in [-0.05, 0) is 34.4 Å². The first-order chi connectivity index (χ1) is 14.8. The predicted molar refractivity (Wildman–Crippen MR) is 124 cm³/mol. The van der Waals surface area contributed by atoms with Crippen molar-refractivity contribution in [3.8, 4) is 11.5 Å². The van der Waals surface area contributed by atoms with Crippen LogP contribution in [0.5, 0.6) is 11.5 Å². The summed E-state index contributed by atoms with van der Waals surface area (Å²) in [6.45, 7) is 0. The molecule has 148 valence electrons. The molecule has 0 atom stereocenters. The van der Waals surface area contributed by atoms with E-state index in [0.717, 1.165) is 44.9 Å². The van der Waals surface area contributed by atoms with Crippen molar-refractivity contribution in [3.05, 3.63) is 131 Å². The van der Waals surface area contributed by atoms with E-state index in [9.17, 15) is 0 Å². The fourth-order valence-corrected chi connectivity index (χ4v) is 3.71. The number of hydrogen-bond donors (Lipinski definition) is 0. The highest BCUT2D eigenvalue weighted by molar-refractivity contribution is 6.05. The van der Waals surface area contributed by atoms with Crippen molar-refractivity contribution in [1.82, 2.24) is 0 Å². The van der Waals surface area contributed by atoms with E-state index in [0.29, 0.717) is 0 Å². The van der Waals surface area contributed by atoms with Gasteiger partial charge in [0.25, 0.3) is 0 Å². The highest BCUT2D eigenvalue weighted by Gasteiger charge is 2.19. The summed E-state index contributed by atoms with van der Waals surface area (Å²) in [5, 5.41) is 0. The minimum absolute atomic E-state index is 0.768. The summed E-state index contributed by atoms with van der Waals surface area (Å²) in [5.41, 5.74) is 6.73. The average molecular weight is 392 g/mol. The molecule has 0 fully saturated rings. The zero-order valence-electron chi connectivity index (χ0n) is 17.2. The van der Waals surface area contributed by atoms with Crippen molar-refractivity contribution in [2.75, 3.05) is 14.2 Å². The molecular formula is C28H24O2. The van der Waals surface area contributed by atoms with Crippen molar-refractivity contribution in [1.29, 1.82) is 0 Å². The molecule has 4 rings (SSSR count). The van der Waals surface area contributed by atoms with Crippen LogP contribution in [-0.4, -0.2) is 14.2 Å². The number of benzene rings is 4. The van der Waals surface area contributed by atoms with Gasteiger partial charge in [-0.2, -0.15) is 0 Å². The SMILES string of the molecule is COc1ccc(C(=C(c2ccccc2)c2ccccc2)c2ccccc2)c(OC)c1. The van der Waals surface area contributed by atoms with Gasteiger partial charge in [0.05, 0.1) is 14.2 Å². The summed E-state index contributed by atoms with van der Waals surface area (Å²) >= 11 is 0. The van der Waals surface area contributed by atoms with Gasteiger partial charge in [-0.1, -0.05) is 91.0 Å². The average Bonchev–Trinajstić information content (AvgIpc) is 2.84. The second-order valence-electron chi connectivity index (χ2n) is 6.91. The zero-order chi connectivity index (χ0) is 20.8. The van der Waals surface area contributed by atoms with Crippen LogP contribution in [0.4, 0.5) is 0 Å². The fourth-order valence-electron chi connectivity index (χ4n) is 3.71. The van der Waals surface area contributed by atoms with Gasteiger partial charge < -0.3 is 9.47 Å². The minimum Gasteiger partial charge on any atom is -0.497 e. The van der Waals surface area contributed by atoms with Crippen molar-refractivity contribution >= 4 is 11.1 Å². The van der Waals surface area contributed by atoms with Gasteiger partial charge in [0.2, 0.25) is 0 Å². The summed E-state index contributed by atoms with van der Waals surface area (Å²) in [5.74, 6) is 1.54. The van der Waals surface area contributed by atoms with Crippen molar-refractivity contribution in [2.24, 2.45) is 0 Å². The van der Waals surface area contributed by atoms with Gasteiger partial charge in [-0.25, -0.2) is 0 Å². The van der Waals surface area contributed by atoms with Gasteiger partial charge in [-0.3, -0.25) is 0 Å². The Morgan fingerprint density at radius 1 is 0.500 bits per heavy atom. The lowest BCUT2D eigenvalue weighted by Crippen LogP contribution is -2.00. The largest absolute Gasteiger partial charge is 0.497 e. The van der Waals surface area contributed by atoms with Crippen LogP contribution in [0.15, 0.2) is 109 Å². The highest BCUT2D eigenvalue weighted by Crippen LogP contribution is 2.41. The van der Waals surface area contributed by atoms with E-state index in [4.69, 9.17) is 9.47 Å². The first kappa shape index (κ1) is 19.5. The molecule has 0 aliphatic rings. The fraction of sp³-hybridized carbons (Fsp3) is 0.0714. The van der Waals surface area contributed by atoms with Gasteiger partial charge in [0.1, 0.15) is 11.5 Å². The maximum Gasteiger partial charge on any atom is 0.130 e. The second kappa shape index (κ2) is 9.15. The molecule has 0 saturated heterocycles. The maximum atomic E-state index is 5.80. The van der Waals surface area contributed by atoms with Crippen molar-refractivity contribution in [2.45, 2.75) is 0 Å². The second-order valence-corrected chi connectivity index (χ2v) is 6.91. The maximum absolute atomic E-state index is 5.80. The Morgan fingerprint density at radius 3 is 1.40 bits per heavy atom. The van der Waals surface area contributed by atoms with E-state index in [1.165, 1.54) is 0 Å². The third-order valence-corrected chi connectivity index (χ3v) is 5.12. The molecule has 0 bridgehead atoms. The Kier molecular flexibility index (Phi) is 5.95. The Morgan fingerprint density at radius 2 is 0.967 bits per heavy atom. The van der Waals surface area contributed by atoms with Crippen LogP contribution < -0.4 is 9.47 Å². The van der Waals surface area contributed by atoms with Crippen LogP contribution in [0.25, 0.3) is 11.1 Å². The Hall–Kier alpha value is -3.78. The molecule has 0 spiro atoms. The molecule has 0 amide bonds. The topological polar surface area (TPSA) is 18.5 Å². The van der Waals surface area contributed by atoms with Gasteiger partial charge >= 0.3 is 0 Å². The zero-order valence-corrected chi connectivity index (χ0v) is 17.2. The first-order valence-electron chi connectivity index (χ1n) is 9.94. The van der Waals surface area contributed by atoms with Crippen LogP contribution in [0.2, 0.25) is 0 Å². The van der Waals surface area contributed by atoms with Crippen LogP contribution in [0, 0.1) is 0 Å². The monoisotopic (exact) mass is 392 g/mol. The molecule has 0 aromatic heterocycles. The summed E-state index contributed by atoms with van der Waals surface area (Å²) in [6.07, 6.45) is 0. The van der Waals surface area contributed by atoms with Crippen molar-refractivity contribution in [3.63, 3.8) is 0 Å². The molecule has 0 heterocycles. The smallest absolute Gasteiger partial charge is 0.130 e. The van der Waals surface area contributed by atoms with Gasteiger partial charge in [0, 0.05) is 17.2 Å². The van der Waals surface area contributed by atoms with Crippen LogP contribution in [0.1, 0.15) is 22.3 Å². The lowest BCUT2D eigenvalue weighted by atomic mass is 9.85. The third kappa shape index (κ3) is 3.99.